The van der Waals surface area contributed by atoms with Gasteiger partial charge in [-0.3, -0.25) is 0 Å². The number of hydrogen-bond donors (Lipinski definition) is 0. The van der Waals surface area contributed by atoms with E-state index < -0.39 is 0 Å². The van der Waals surface area contributed by atoms with Gasteiger partial charge in [-0.2, -0.15) is 0 Å². The Hall–Kier alpha value is -7.05. The molecule has 0 atom stereocenters. The van der Waals surface area contributed by atoms with Crippen LogP contribution in [0.25, 0.3) is 93.9 Å². The average Bonchev–Trinajstić information content (AvgIpc) is 4.05. The molecule has 8 saturated carbocycles. The van der Waals surface area contributed by atoms with Gasteiger partial charge in [0.05, 0.1) is 33.1 Å². The number of hydrogen-bond acceptors (Lipinski definition) is 3. The zero-order valence-electron chi connectivity index (χ0n) is 40.1. The molecule has 0 radical (unpaired) electrons. The van der Waals surface area contributed by atoms with Crippen LogP contribution in [0, 0.1) is 35.5 Å². The first-order valence-electron chi connectivity index (χ1n) is 26.9. The van der Waals surface area contributed by atoms with Crippen molar-refractivity contribution in [2.24, 2.45) is 35.5 Å². The maximum atomic E-state index is 5.83. The van der Waals surface area contributed by atoms with Gasteiger partial charge in [-0.25, -0.2) is 15.0 Å². The van der Waals surface area contributed by atoms with Crippen molar-refractivity contribution >= 4 is 65.4 Å². The van der Waals surface area contributed by atoms with E-state index in [9.17, 15) is 0 Å². The molecule has 8 fully saturated rings. The first-order chi connectivity index (χ1) is 35.0. The summed E-state index contributed by atoms with van der Waals surface area (Å²) in [7, 11) is 0. The van der Waals surface area contributed by atoms with Crippen LogP contribution >= 0.6 is 0 Å². The van der Waals surface area contributed by atoms with Crippen molar-refractivity contribution in [1.29, 1.82) is 0 Å². The van der Waals surface area contributed by atoms with Crippen LogP contribution in [0.2, 0.25) is 0 Å². The molecular weight excluding hydrogens is 865 g/mol. The normalized spacial score (nSPS) is 27.4. The predicted octanol–water partition coefficient (Wildman–Crippen LogP) is 15.8. The highest BCUT2D eigenvalue weighted by Crippen LogP contribution is 2.63. The summed E-state index contributed by atoms with van der Waals surface area (Å²) >= 11 is 0. The van der Waals surface area contributed by atoms with E-state index in [1.54, 1.807) is 0 Å². The molecule has 7 aromatic carbocycles. The third-order valence-corrected chi connectivity index (χ3v) is 19.4. The molecule has 4 heterocycles. The third-order valence-electron chi connectivity index (χ3n) is 19.4. The molecule has 19 rings (SSSR count). The van der Waals surface area contributed by atoms with Crippen molar-refractivity contribution in [3.8, 4) is 28.5 Å². The Morgan fingerprint density at radius 2 is 0.704 bits per heavy atom. The molecule has 0 aliphatic heterocycles. The molecule has 8 bridgehead atoms. The first kappa shape index (κ1) is 39.6. The minimum Gasteiger partial charge on any atom is -0.308 e. The molecule has 71 heavy (non-hydrogen) atoms. The van der Waals surface area contributed by atoms with Crippen LogP contribution in [0.3, 0.4) is 0 Å². The Bertz CT molecular complexity index is 3890. The van der Waals surface area contributed by atoms with Crippen molar-refractivity contribution < 1.29 is 0 Å². The summed E-state index contributed by atoms with van der Waals surface area (Å²) in [5, 5.41) is 7.54. The maximum absolute atomic E-state index is 5.83. The molecule has 0 saturated heterocycles. The van der Waals surface area contributed by atoms with E-state index in [0.29, 0.717) is 0 Å². The van der Waals surface area contributed by atoms with E-state index in [1.165, 1.54) is 142 Å². The molecule has 8 aliphatic rings. The van der Waals surface area contributed by atoms with Crippen LogP contribution in [0.4, 0.5) is 0 Å². The molecule has 0 unspecified atom stereocenters. The highest BCUT2D eigenvalue weighted by molar-refractivity contribution is 6.40. The van der Waals surface area contributed by atoms with Gasteiger partial charge in [-0.05, 0) is 167 Å². The van der Waals surface area contributed by atoms with Gasteiger partial charge in [0.15, 0.2) is 5.82 Å². The monoisotopic (exact) mass is 920 g/mol. The van der Waals surface area contributed by atoms with Crippen LogP contribution in [0.15, 0.2) is 158 Å². The quantitative estimate of drug-likeness (QED) is 0.167. The average molecular weight is 921 g/mol. The maximum Gasteiger partial charge on any atom is 0.163 e. The second kappa shape index (κ2) is 14.3. The minimum atomic E-state index is 0.0802. The fourth-order valence-electron chi connectivity index (χ4n) is 17.6. The summed E-state index contributed by atoms with van der Waals surface area (Å²) in [6, 6.07) is 58.6. The SMILES string of the molecule is c1ccc(-n2c3ccccc3c3c4c5ccccc5n(-c5cccc(-c6nc(C78CC9CC(CC(C9)C7)C8)nc(C78CC9CC(CC(C9)C7)C8)n6)c5)c4c4c5ccccc5n(-c5ccccc5)c4c32)cc1. The lowest BCUT2D eigenvalue weighted by Gasteiger charge is -2.57. The molecular formula is C65H56N6. The van der Waals surface area contributed by atoms with E-state index in [4.69, 9.17) is 15.0 Å². The van der Waals surface area contributed by atoms with Crippen molar-refractivity contribution in [2.45, 2.75) is 87.9 Å². The lowest BCUT2D eigenvalue weighted by atomic mass is 9.49. The molecule has 0 N–H and O–H groups in total. The van der Waals surface area contributed by atoms with E-state index >= 15 is 0 Å². The van der Waals surface area contributed by atoms with Crippen LogP contribution in [-0.4, -0.2) is 28.7 Å². The first-order valence-corrected chi connectivity index (χ1v) is 26.9. The topological polar surface area (TPSA) is 53.5 Å². The molecule has 4 aromatic heterocycles. The van der Waals surface area contributed by atoms with Gasteiger partial charge in [0, 0.05) is 65.8 Å². The van der Waals surface area contributed by atoms with E-state index in [2.05, 4.69) is 171 Å². The summed E-state index contributed by atoms with van der Waals surface area (Å²) in [5.74, 6) is 8.09. The highest BCUT2D eigenvalue weighted by Gasteiger charge is 2.56. The Morgan fingerprint density at radius 1 is 0.338 bits per heavy atom. The van der Waals surface area contributed by atoms with Gasteiger partial charge in [-0.1, -0.05) is 103 Å². The smallest absolute Gasteiger partial charge is 0.163 e. The fraction of sp³-hybridized carbons (Fsp3) is 0.308. The Labute approximate surface area is 413 Å². The van der Waals surface area contributed by atoms with Gasteiger partial charge in [0.25, 0.3) is 0 Å². The number of rotatable bonds is 6. The van der Waals surface area contributed by atoms with Gasteiger partial charge in [0.2, 0.25) is 0 Å². The summed E-state index contributed by atoms with van der Waals surface area (Å²) in [4.78, 5) is 17.4. The van der Waals surface area contributed by atoms with Gasteiger partial charge < -0.3 is 13.7 Å². The van der Waals surface area contributed by atoms with Crippen LogP contribution < -0.4 is 0 Å². The minimum absolute atomic E-state index is 0.0802. The van der Waals surface area contributed by atoms with Crippen molar-refractivity contribution in [3.05, 3.63) is 169 Å². The molecule has 0 spiro atoms. The largest absolute Gasteiger partial charge is 0.308 e. The van der Waals surface area contributed by atoms with Gasteiger partial charge >= 0.3 is 0 Å². The molecule has 0 amide bonds. The lowest BCUT2D eigenvalue weighted by molar-refractivity contribution is -0.0155. The zero-order valence-corrected chi connectivity index (χ0v) is 40.1. The third kappa shape index (κ3) is 5.51. The van der Waals surface area contributed by atoms with Crippen molar-refractivity contribution in [1.82, 2.24) is 28.7 Å². The number of nitrogens with zero attached hydrogens (tertiary/aromatic N) is 6. The molecule has 346 valence electrons. The predicted molar refractivity (Wildman–Crippen MR) is 288 cm³/mol. The summed E-state index contributed by atoms with van der Waals surface area (Å²) in [6.07, 6.45) is 16.0. The van der Waals surface area contributed by atoms with Crippen molar-refractivity contribution in [2.75, 3.05) is 0 Å². The molecule has 8 aliphatic carbocycles. The number of fused-ring (bicyclic) bond motifs is 12. The molecule has 11 aromatic rings. The Balaban J connectivity index is 0.972. The van der Waals surface area contributed by atoms with E-state index in [1.807, 2.05) is 0 Å². The number of aromatic nitrogens is 6. The number of para-hydroxylation sites is 5. The lowest BCUT2D eigenvalue weighted by Crippen LogP contribution is -2.51. The number of benzene rings is 7. The Morgan fingerprint density at radius 3 is 1.17 bits per heavy atom. The zero-order chi connectivity index (χ0) is 46.2. The van der Waals surface area contributed by atoms with Gasteiger partial charge in [-0.15, -0.1) is 0 Å². The van der Waals surface area contributed by atoms with E-state index in [-0.39, 0.29) is 10.8 Å². The standard InChI is InChI=1S/C65H56N6/c1-3-15-46(16-4-1)69-52-23-10-8-21-50(52)56-55-49-20-7-11-24-53(49)71(58(55)57-51-22-9-12-25-54(51)70(60(57)59(56)69)47-17-5-2-6-18-47)48-19-13-14-45(32-48)61-66-62(64-33-39-26-40(34-64)28-41(27-39)35-64)68-63(67-61)65-36-42-29-43(37-65)31-44(30-42)38-65/h1-25,32,39-44H,26-31,33-38H2. The second-order valence-corrected chi connectivity index (χ2v) is 23.7. The summed E-state index contributed by atoms with van der Waals surface area (Å²) in [5.41, 5.74) is 11.9. The summed E-state index contributed by atoms with van der Waals surface area (Å²) < 4.78 is 7.65. The van der Waals surface area contributed by atoms with Gasteiger partial charge in [0.1, 0.15) is 11.6 Å². The summed E-state index contributed by atoms with van der Waals surface area (Å²) in [6.45, 7) is 0. The van der Waals surface area contributed by atoms with Crippen LogP contribution in [-0.2, 0) is 10.8 Å². The Kier molecular flexibility index (Phi) is 7.99. The van der Waals surface area contributed by atoms with Crippen LogP contribution in [0.1, 0.15) is 88.7 Å². The highest BCUT2D eigenvalue weighted by atomic mass is 15.1. The van der Waals surface area contributed by atoms with Crippen molar-refractivity contribution in [3.63, 3.8) is 0 Å². The van der Waals surface area contributed by atoms with Crippen LogP contribution in [0.5, 0.6) is 0 Å². The fourth-order valence-corrected chi connectivity index (χ4v) is 17.6. The van der Waals surface area contributed by atoms with E-state index in [0.717, 1.165) is 75.6 Å². The molecule has 6 heteroatoms. The second-order valence-electron chi connectivity index (χ2n) is 23.7. The molecule has 6 nitrogen and oxygen atoms in total.